The average Bonchev–Trinajstić information content (AvgIpc) is 2.37. The van der Waals surface area contributed by atoms with Gasteiger partial charge in [-0.1, -0.05) is 13.0 Å². The van der Waals surface area contributed by atoms with Gasteiger partial charge in [-0.25, -0.2) is 0 Å². The second-order valence-corrected chi connectivity index (χ2v) is 6.65. The molecule has 0 radical (unpaired) electrons. The van der Waals surface area contributed by atoms with Gasteiger partial charge in [0, 0.05) is 44.1 Å². The molecule has 1 aliphatic heterocycles. The maximum atomic E-state index is 3.75. The highest BCUT2D eigenvalue weighted by Gasteiger charge is 2.28. The van der Waals surface area contributed by atoms with E-state index in [1.807, 2.05) is 0 Å². The molecule has 20 heavy (non-hydrogen) atoms. The number of likely N-dealkylation sites (tertiary alicyclic amines) is 1. The van der Waals surface area contributed by atoms with Crippen molar-refractivity contribution in [1.82, 2.24) is 4.90 Å². The predicted octanol–water partition coefficient (Wildman–Crippen LogP) is 3.20. The molecule has 3 nitrogen and oxygen atoms in total. The highest BCUT2D eigenvalue weighted by atomic mass is 15.2. The van der Waals surface area contributed by atoms with E-state index in [1.54, 1.807) is 0 Å². The topological polar surface area (TPSA) is 18.5 Å². The smallest absolute Gasteiger partial charge is 0.0411 e. The van der Waals surface area contributed by atoms with Crippen LogP contribution in [0.5, 0.6) is 0 Å². The SMILES string of the molecule is Cc1ccc(NC2CC(C)N(C)CC2C)cc1N(C)C. The van der Waals surface area contributed by atoms with E-state index >= 15 is 0 Å². The summed E-state index contributed by atoms with van der Waals surface area (Å²) in [5.74, 6) is 0.681. The van der Waals surface area contributed by atoms with E-state index in [9.17, 15) is 0 Å². The van der Waals surface area contributed by atoms with Crippen LogP contribution in [0.2, 0.25) is 0 Å². The molecule has 0 saturated carbocycles. The van der Waals surface area contributed by atoms with Gasteiger partial charge in [-0.05, 0) is 50.9 Å². The van der Waals surface area contributed by atoms with Gasteiger partial charge in [0.25, 0.3) is 0 Å². The van der Waals surface area contributed by atoms with Crippen molar-refractivity contribution in [3.8, 4) is 0 Å². The Bertz CT molecular complexity index is 456. The van der Waals surface area contributed by atoms with Crippen LogP contribution >= 0.6 is 0 Å². The number of aryl methyl sites for hydroxylation is 1. The standard InChI is InChI=1S/C17H29N3/c1-12-7-8-15(10-17(12)19(4)5)18-16-9-14(3)20(6)11-13(16)2/h7-8,10,13-14,16,18H,9,11H2,1-6H3. The van der Waals surface area contributed by atoms with Crippen molar-refractivity contribution in [3.63, 3.8) is 0 Å². The van der Waals surface area contributed by atoms with E-state index in [0.29, 0.717) is 18.0 Å². The number of hydrogen-bond acceptors (Lipinski definition) is 3. The van der Waals surface area contributed by atoms with Crippen LogP contribution in [0, 0.1) is 12.8 Å². The predicted molar refractivity (Wildman–Crippen MR) is 88.8 cm³/mol. The van der Waals surface area contributed by atoms with Gasteiger partial charge in [0.05, 0.1) is 0 Å². The second kappa shape index (κ2) is 6.04. The lowest BCUT2D eigenvalue weighted by molar-refractivity contribution is 0.145. The fourth-order valence-electron chi connectivity index (χ4n) is 3.14. The second-order valence-electron chi connectivity index (χ2n) is 6.65. The molecule has 3 unspecified atom stereocenters. The molecule has 1 aromatic rings. The Morgan fingerprint density at radius 2 is 1.95 bits per heavy atom. The highest BCUT2D eigenvalue weighted by Crippen LogP contribution is 2.27. The van der Waals surface area contributed by atoms with Gasteiger partial charge < -0.3 is 15.1 Å². The summed E-state index contributed by atoms with van der Waals surface area (Å²) in [6.45, 7) is 8.01. The third-order valence-corrected chi connectivity index (χ3v) is 4.65. The van der Waals surface area contributed by atoms with Crippen molar-refractivity contribution in [1.29, 1.82) is 0 Å². The van der Waals surface area contributed by atoms with Crippen LogP contribution in [0.1, 0.15) is 25.8 Å². The van der Waals surface area contributed by atoms with Crippen molar-refractivity contribution in [2.24, 2.45) is 5.92 Å². The molecule has 0 aromatic heterocycles. The van der Waals surface area contributed by atoms with Gasteiger partial charge in [0.2, 0.25) is 0 Å². The number of nitrogens with one attached hydrogen (secondary N) is 1. The van der Waals surface area contributed by atoms with Crippen LogP contribution in [0.4, 0.5) is 11.4 Å². The summed E-state index contributed by atoms with van der Waals surface area (Å²) in [5.41, 5.74) is 3.86. The van der Waals surface area contributed by atoms with E-state index < -0.39 is 0 Å². The number of piperidine rings is 1. The van der Waals surface area contributed by atoms with E-state index in [0.717, 1.165) is 0 Å². The zero-order valence-electron chi connectivity index (χ0n) is 13.8. The van der Waals surface area contributed by atoms with Crippen molar-refractivity contribution in [2.45, 2.75) is 39.3 Å². The van der Waals surface area contributed by atoms with Crippen LogP contribution in [-0.2, 0) is 0 Å². The quantitative estimate of drug-likeness (QED) is 0.914. The van der Waals surface area contributed by atoms with Crippen LogP contribution in [0.25, 0.3) is 0 Å². The van der Waals surface area contributed by atoms with Crippen molar-refractivity contribution in [3.05, 3.63) is 23.8 Å². The minimum Gasteiger partial charge on any atom is -0.382 e. The van der Waals surface area contributed by atoms with Gasteiger partial charge >= 0.3 is 0 Å². The molecule has 0 aliphatic carbocycles. The highest BCUT2D eigenvalue weighted by molar-refractivity contribution is 5.62. The fraction of sp³-hybridized carbons (Fsp3) is 0.647. The lowest BCUT2D eigenvalue weighted by atomic mass is 9.89. The first-order chi connectivity index (χ1) is 9.38. The maximum absolute atomic E-state index is 3.75. The fourth-order valence-corrected chi connectivity index (χ4v) is 3.14. The third kappa shape index (κ3) is 3.26. The monoisotopic (exact) mass is 275 g/mol. The third-order valence-electron chi connectivity index (χ3n) is 4.65. The lowest BCUT2D eigenvalue weighted by Gasteiger charge is -2.40. The molecule has 3 heteroatoms. The molecule has 3 atom stereocenters. The number of anilines is 2. The molecule has 1 aliphatic rings. The van der Waals surface area contributed by atoms with Gasteiger partial charge in [-0.3, -0.25) is 0 Å². The summed E-state index contributed by atoms with van der Waals surface area (Å²) in [6, 6.07) is 7.91. The molecule has 0 bridgehead atoms. The Morgan fingerprint density at radius 3 is 2.60 bits per heavy atom. The Balaban J connectivity index is 2.12. The summed E-state index contributed by atoms with van der Waals surface area (Å²) in [7, 11) is 6.44. The van der Waals surface area contributed by atoms with E-state index in [2.05, 4.69) is 75.2 Å². The van der Waals surface area contributed by atoms with Crippen molar-refractivity contribution < 1.29 is 0 Å². The first-order valence-corrected chi connectivity index (χ1v) is 7.63. The molecule has 2 rings (SSSR count). The zero-order valence-corrected chi connectivity index (χ0v) is 13.8. The molecule has 1 fully saturated rings. The molecule has 1 N–H and O–H groups in total. The molecular formula is C17H29N3. The minimum atomic E-state index is 0.568. The number of nitrogens with zero attached hydrogens (tertiary/aromatic N) is 2. The Morgan fingerprint density at radius 1 is 1.25 bits per heavy atom. The van der Waals surface area contributed by atoms with E-state index in [-0.39, 0.29) is 0 Å². The van der Waals surface area contributed by atoms with Crippen LogP contribution in [0.15, 0.2) is 18.2 Å². The van der Waals surface area contributed by atoms with Crippen LogP contribution in [0.3, 0.4) is 0 Å². The average molecular weight is 275 g/mol. The largest absolute Gasteiger partial charge is 0.382 e. The van der Waals surface area contributed by atoms with E-state index in [1.165, 1.54) is 29.9 Å². The van der Waals surface area contributed by atoms with Crippen LogP contribution in [-0.4, -0.2) is 44.7 Å². The normalized spacial score (nSPS) is 27.4. The maximum Gasteiger partial charge on any atom is 0.0411 e. The summed E-state index contributed by atoms with van der Waals surface area (Å²) in [5, 5.41) is 3.75. The van der Waals surface area contributed by atoms with Gasteiger partial charge in [0.1, 0.15) is 0 Å². The first kappa shape index (κ1) is 15.2. The van der Waals surface area contributed by atoms with Crippen LogP contribution < -0.4 is 10.2 Å². The molecule has 0 amide bonds. The Hall–Kier alpha value is -1.22. The molecule has 0 spiro atoms. The summed E-state index contributed by atoms with van der Waals surface area (Å²) in [6.07, 6.45) is 1.21. The van der Waals surface area contributed by atoms with Crippen molar-refractivity contribution >= 4 is 11.4 Å². The Labute approximate surface area is 124 Å². The lowest BCUT2D eigenvalue weighted by Crippen LogP contribution is -2.48. The summed E-state index contributed by atoms with van der Waals surface area (Å²) < 4.78 is 0. The Kier molecular flexibility index (Phi) is 4.59. The molecule has 112 valence electrons. The molecule has 1 aromatic carbocycles. The molecule has 1 heterocycles. The molecular weight excluding hydrogens is 246 g/mol. The number of rotatable bonds is 3. The zero-order chi connectivity index (χ0) is 14.9. The number of hydrogen-bond donors (Lipinski definition) is 1. The summed E-state index contributed by atoms with van der Waals surface area (Å²) in [4.78, 5) is 4.64. The van der Waals surface area contributed by atoms with Gasteiger partial charge in [0.15, 0.2) is 0 Å². The van der Waals surface area contributed by atoms with Gasteiger partial charge in [-0.15, -0.1) is 0 Å². The van der Waals surface area contributed by atoms with E-state index in [4.69, 9.17) is 0 Å². The number of benzene rings is 1. The first-order valence-electron chi connectivity index (χ1n) is 7.63. The van der Waals surface area contributed by atoms with Crippen molar-refractivity contribution in [2.75, 3.05) is 37.9 Å². The summed E-state index contributed by atoms with van der Waals surface area (Å²) >= 11 is 0. The minimum absolute atomic E-state index is 0.568. The molecule has 1 saturated heterocycles. The van der Waals surface area contributed by atoms with Gasteiger partial charge in [-0.2, -0.15) is 0 Å².